The van der Waals surface area contributed by atoms with Gasteiger partial charge in [0, 0.05) is 22.6 Å². The van der Waals surface area contributed by atoms with Gasteiger partial charge >= 0.3 is 5.97 Å². The molecule has 2 aromatic carbocycles. The zero-order valence-electron chi connectivity index (χ0n) is 18.4. The Morgan fingerprint density at radius 1 is 1.03 bits per heavy atom. The summed E-state index contributed by atoms with van der Waals surface area (Å²) in [7, 11) is -1.63. The highest BCUT2D eigenvalue weighted by atomic mass is 35.5. The second-order valence-electron chi connectivity index (χ2n) is 7.78. The van der Waals surface area contributed by atoms with Crippen LogP contribution in [0.2, 0.25) is 5.02 Å². The monoisotopic (exact) mass is 495 g/mol. The summed E-state index contributed by atoms with van der Waals surface area (Å²) in [5.41, 5.74) is 0.0758. The molecular formula is C23H26ClNO7S. The number of benzene rings is 2. The van der Waals surface area contributed by atoms with Gasteiger partial charge in [0.1, 0.15) is 6.54 Å². The molecule has 0 saturated heterocycles. The predicted molar refractivity (Wildman–Crippen MR) is 124 cm³/mol. The molecule has 0 aromatic heterocycles. The van der Waals surface area contributed by atoms with Gasteiger partial charge in [-0.1, -0.05) is 30.9 Å². The highest BCUT2D eigenvalue weighted by molar-refractivity contribution is 7.92. The second-order valence-corrected chi connectivity index (χ2v) is 10.1. The van der Waals surface area contributed by atoms with Gasteiger partial charge in [-0.05, 0) is 43.2 Å². The van der Waals surface area contributed by atoms with Gasteiger partial charge in [0.25, 0.3) is 10.0 Å². The minimum atomic E-state index is -4.40. The Kier molecular flexibility index (Phi) is 7.86. The van der Waals surface area contributed by atoms with Crippen LogP contribution < -0.4 is 13.8 Å². The zero-order chi connectivity index (χ0) is 24.2. The molecule has 8 nitrogen and oxygen atoms in total. The van der Waals surface area contributed by atoms with Crippen LogP contribution in [0.3, 0.4) is 0 Å². The van der Waals surface area contributed by atoms with Crippen LogP contribution in [0.5, 0.6) is 11.5 Å². The number of carbonyl (C=O) groups is 2. The Bertz CT molecular complexity index is 1140. The number of rotatable bonds is 9. The van der Waals surface area contributed by atoms with Crippen molar-refractivity contribution < 1.29 is 32.6 Å². The molecule has 0 bridgehead atoms. The molecule has 33 heavy (non-hydrogen) atoms. The van der Waals surface area contributed by atoms with Crippen molar-refractivity contribution in [3.8, 4) is 11.5 Å². The van der Waals surface area contributed by atoms with Crippen molar-refractivity contribution in [3.63, 3.8) is 0 Å². The lowest BCUT2D eigenvalue weighted by atomic mass is 9.83. The molecule has 0 amide bonds. The van der Waals surface area contributed by atoms with Gasteiger partial charge in [0.05, 0.1) is 24.8 Å². The molecule has 1 N–H and O–H groups in total. The molecule has 10 heteroatoms. The fraction of sp³-hybridized carbons (Fsp3) is 0.391. The Morgan fingerprint density at radius 2 is 1.70 bits per heavy atom. The van der Waals surface area contributed by atoms with E-state index in [4.69, 9.17) is 21.1 Å². The van der Waals surface area contributed by atoms with Crippen LogP contribution in [0.1, 0.15) is 42.5 Å². The third kappa shape index (κ3) is 5.42. The number of ether oxygens (including phenoxy) is 2. The van der Waals surface area contributed by atoms with Crippen LogP contribution in [0.25, 0.3) is 0 Å². The lowest BCUT2D eigenvalue weighted by Crippen LogP contribution is -2.37. The zero-order valence-corrected chi connectivity index (χ0v) is 20.0. The van der Waals surface area contributed by atoms with E-state index in [1.54, 1.807) is 0 Å². The van der Waals surface area contributed by atoms with Crippen LogP contribution in [0.4, 0.5) is 5.69 Å². The summed E-state index contributed by atoms with van der Waals surface area (Å²) in [6.45, 7) is -0.887. The van der Waals surface area contributed by atoms with Gasteiger partial charge in [0.15, 0.2) is 17.3 Å². The first-order valence-corrected chi connectivity index (χ1v) is 12.3. The normalized spacial score (nSPS) is 14.5. The molecule has 0 atom stereocenters. The maximum Gasteiger partial charge on any atom is 0.324 e. The Labute approximate surface area is 198 Å². The molecule has 1 saturated carbocycles. The molecule has 2 aromatic rings. The first-order valence-electron chi connectivity index (χ1n) is 10.5. The minimum Gasteiger partial charge on any atom is -0.493 e. The number of nitrogens with zero attached hydrogens (tertiary/aromatic N) is 1. The summed E-state index contributed by atoms with van der Waals surface area (Å²) in [6, 6.07) is 8.24. The lowest BCUT2D eigenvalue weighted by Gasteiger charge is -2.27. The number of carboxylic acids is 1. The predicted octanol–water partition coefficient (Wildman–Crippen LogP) is 4.40. The number of halogens is 1. The number of carbonyl (C=O) groups excluding carboxylic acids is 1. The number of hydrogen-bond acceptors (Lipinski definition) is 6. The van der Waals surface area contributed by atoms with Crippen LogP contribution in [-0.2, 0) is 14.8 Å². The van der Waals surface area contributed by atoms with E-state index in [2.05, 4.69) is 0 Å². The molecule has 1 aliphatic rings. The standard InChI is InChI=1S/C23H26ClNO7S/c1-31-20-11-9-17(13-21(20)32-2)33(29,30)25(14-22(26)27)19-12-16(24)8-10-18(19)23(28)15-6-4-3-5-7-15/h8-13,15H,3-7,14H2,1-2H3,(H,26,27). The number of aliphatic carboxylic acids is 1. The average Bonchev–Trinajstić information content (AvgIpc) is 2.81. The summed E-state index contributed by atoms with van der Waals surface area (Å²) >= 11 is 6.15. The molecule has 0 heterocycles. The summed E-state index contributed by atoms with van der Waals surface area (Å²) in [5, 5.41) is 9.70. The Balaban J connectivity index is 2.14. The van der Waals surface area contributed by atoms with Crippen molar-refractivity contribution in [3.05, 3.63) is 47.0 Å². The first kappa shape index (κ1) is 24.9. The number of ketones is 1. The highest BCUT2D eigenvalue weighted by Crippen LogP contribution is 2.36. The number of methoxy groups -OCH3 is 2. The highest BCUT2D eigenvalue weighted by Gasteiger charge is 2.33. The third-order valence-corrected chi connectivity index (χ3v) is 7.68. The second kappa shape index (κ2) is 10.4. The number of sulfonamides is 1. The minimum absolute atomic E-state index is 0.0599. The average molecular weight is 496 g/mol. The topological polar surface area (TPSA) is 110 Å². The van der Waals surface area contributed by atoms with Crippen LogP contribution in [0, 0.1) is 5.92 Å². The van der Waals surface area contributed by atoms with Gasteiger partial charge in [-0.15, -0.1) is 0 Å². The first-order chi connectivity index (χ1) is 15.7. The third-order valence-electron chi connectivity index (χ3n) is 5.69. The number of Topliss-reactive ketones (excluding diaryl/α,β-unsaturated/α-hetero) is 1. The molecular weight excluding hydrogens is 470 g/mol. The van der Waals surface area contributed by atoms with Crippen LogP contribution >= 0.6 is 11.6 Å². The van der Waals surface area contributed by atoms with Gasteiger partial charge < -0.3 is 14.6 Å². The quantitative estimate of drug-likeness (QED) is 0.513. The lowest BCUT2D eigenvalue weighted by molar-refractivity contribution is -0.135. The number of hydrogen-bond donors (Lipinski definition) is 1. The fourth-order valence-corrected chi connectivity index (χ4v) is 5.64. The van der Waals surface area contributed by atoms with Gasteiger partial charge in [0.2, 0.25) is 0 Å². The summed E-state index contributed by atoms with van der Waals surface area (Å²) in [6.07, 6.45) is 4.31. The molecule has 1 fully saturated rings. The maximum absolute atomic E-state index is 13.6. The molecule has 0 unspecified atom stereocenters. The van der Waals surface area contributed by atoms with Crippen molar-refractivity contribution in [2.45, 2.75) is 37.0 Å². The van der Waals surface area contributed by atoms with E-state index in [0.717, 1.165) is 19.3 Å². The van der Waals surface area contributed by atoms with E-state index >= 15 is 0 Å². The summed E-state index contributed by atoms with van der Waals surface area (Å²) in [5.74, 6) is -1.35. The van der Waals surface area contributed by atoms with Crippen molar-refractivity contribution >= 4 is 39.1 Å². The fourth-order valence-electron chi connectivity index (χ4n) is 4.03. The van der Waals surface area contributed by atoms with Crippen molar-refractivity contribution in [2.24, 2.45) is 5.92 Å². The summed E-state index contributed by atoms with van der Waals surface area (Å²) < 4.78 is 38.3. The van der Waals surface area contributed by atoms with Crippen LogP contribution in [0.15, 0.2) is 41.3 Å². The Morgan fingerprint density at radius 3 is 2.30 bits per heavy atom. The van der Waals surface area contributed by atoms with E-state index in [1.807, 2.05) is 0 Å². The molecule has 3 rings (SSSR count). The molecule has 0 spiro atoms. The molecule has 0 radical (unpaired) electrons. The smallest absolute Gasteiger partial charge is 0.324 e. The van der Waals surface area contributed by atoms with Crippen molar-refractivity contribution in [1.82, 2.24) is 0 Å². The SMILES string of the molecule is COc1ccc(S(=O)(=O)N(CC(=O)O)c2cc(Cl)ccc2C(=O)C2CCCCC2)cc1OC. The summed E-state index contributed by atoms with van der Waals surface area (Å²) in [4.78, 5) is 24.8. The van der Waals surface area contributed by atoms with E-state index in [1.165, 1.54) is 50.6 Å². The van der Waals surface area contributed by atoms with E-state index in [-0.39, 0.29) is 38.6 Å². The number of anilines is 1. The van der Waals surface area contributed by atoms with Gasteiger partial charge in [-0.2, -0.15) is 0 Å². The molecule has 1 aliphatic carbocycles. The van der Waals surface area contributed by atoms with Crippen molar-refractivity contribution in [1.29, 1.82) is 0 Å². The number of carboxylic acid groups (broad SMARTS) is 1. The Hall–Kier alpha value is -2.78. The van der Waals surface area contributed by atoms with Gasteiger partial charge in [-0.3, -0.25) is 13.9 Å². The van der Waals surface area contributed by atoms with Gasteiger partial charge in [-0.25, -0.2) is 8.42 Å². The van der Waals surface area contributed by atoms with Crippen molar-refractivity contribution in [2.75, 3.05) is 25.1 Å². The van der Waals surface area contributed by atoms with Crippen LogP contribution in [-0.4, -0.2) is 46.0 Å². The van der Waals surface area contributed by atoms with E-state index in [9.17, 15) is 23.1 Å². The molecule has 0 aliphatic heterocycles. The molecule has 178 valence electrons. The largest absolute Gasteiger partial charge is 0.493 e. The maximum atomic E-state index is 13.6. The van der Waals surface area contributed by atoms with E-state index < -0.39 is 22.5 Å². The van der Waals surface area contributed by atoms with E-state index in [0.29, 0.717) is 22.9 Å².